The van der Waals surface area contributed by atoms with E-state index < -0.39 is 11.8 Å². The summed E-state index contributed by atoms with van der Waals surface area (Å²) in [6.07, 6.45) is 1.09. The fourth-order valence-corrected chi connectivity index (χ4v) is 3.58. The molecule has 2 aliphatic rings. The average Bonchev–Trinajstić information content (AvgIpc) is 3.02. The van der Waals surface area contributed by atoms with Crippen LogP contribution in [0.4, 0.5) is 0 Å². The summed E-state index contributed by atoms with van der Waals surface area (Å²) in [5, 5.41) is 3.97. The molecule has 0 unspecified atom stereocenters. The van der Waals surface area contributed by atoms with Crippen molar-refractivity contribution in [2.45, 2.75) is 25.4 Å². The number of esters is 1. The zero-order chi connectivity index (χ0) is 21.1. The number of nitrogens with one attached hydrogen (secondary N) is 1. The van der Waals surface area contributed by atoms with Crippen LogP contribution in [0.3, 0.4) is 0 Å². The molecule has 1 N–H and O–H groups in total. The number of amides is 2. The number of carbonyl (C=O) groups is 3. The molecule has 0 fully saturated rings. The van der Waals surface area contributed by atoms with Gasteiger partial charge in [-0.2, -0.15) is 0 Å². The Morgan fingerprint density at radius 1 is 1.07 bits per heavy atom. The molecule has 0 aromatic heterocycles. The third kappa shape index (κ3) is 3.92. The first-order valence-electron chi connectivity index (χ1n) is 9.75. The van der Waals surface area contributed by atoms with Crippen molar-refractivity contribution in [3.63, 3.8) is 0 Å². The van der Waals surface area contributed by atoms with Crippen LogP contribution < -0.4 is 10.1 Å². The highest BCUT2D eigenvalue weighted by Gasteiger charge is 2.36. The van der Waals surface area contributed by atoms with Gasteiger partial charge in [0.05, 0.1) is 31.5 Å². The van der Waals surface area contributed by atoms with Crippen molar-refractivity contribution < 1.29 is 28.7 Å². The van der Waals surface area contributed by atoms with Crippen LogP contribution in [0.2, 0.25) is 0 Å². The van der Waals surface area contributed by atoms with Crippen molar-refractivity contribution in [3.05, 3.63) is 64.7 Å². The first kappa shape index (κ1) is 20.1. The summed E-state index contributed by atoms with van der Waals surface area (Å²) < 4.78 is 10.5. The van der Waals surface area contributed by atoms with Crippen molar-refractivity contribution in [1.29, 1.82) is 0 Å². The van der Waals surface area contributed by atoms with Gasteiger partial charge in [-0.1, -0.05) is 18.2 Å². The van der Waals surface area contributed by atoms with Crippen LogP contribution in [-0.4, -0.2) is 49.2 Å². The van der Waals surface area contributed by atoms with Gasteiger partial charge in [0.2, 0.25) is 0 Å². The third-order valence-electron chi connectivity index (χ3n) is 5.16. The topological polar surface area (TPSA) is 94.2 Å². The lowest BCUT2D eigenvalue weighted by Gasteiger charge is -2.24. The van der Waals surface area contributed by atoms with Crippen LogP contribution in [0.15, 0.2) is 42.5 Å². The van der Waals surface area contributed by atoms with E-state index in [2.05, 4.69) is 5.32 Å². The number of fused-ring (bicyclic) bond motifs is 2. The van der Waals surface area contributed by atoms with E-state index in [1.54, 1.807) is 24.3 Å². The molecule has 4 rings (SSSR count). The minimum atomic E-state index is -0.441. The molecule has 0 saturated carbocycles. The fourth-order valence-electron chi connectivity index (χ4n) is 3.58. The van der Waals surface area contributed by atoms with E-state index in [9.17, 15) is 14.4 Å². The molecular weight excluding hydrogens is 388 g/mol. The molecular formula is C22H22N2O6. The van der Waals surface area contributed by atoms with Crippen molar-refractivity contribution in [1.82, 2.24) is 10.4 Å². The summed E-state index contributed by atoms with van der Waals surface area (Å²) in [4.78, 5) is 41.5. The molecule has 1 atom stereocenters. The Balaban J connectivity index is 1.24. The van der Waals surface area contributed by atoms with Gasteiger partial charge in [0.15, 0.2) is 0 Å². The normalized spacial score (nSPS) is 17.5. The number of ether oxygens (including phenoxy) is 2. The average molecular weight is 410 g/mol. The molecule has 156 valence electrons. The first-order chi connectivity index (χ1) is 14.6. The molecule has 8 nitrogen and oxygen atoms in total. The number of carbonyl (C=O) groups excluding carboxylic acids is 3. The summed E-state index contributed by atoms with van der Waals surface area (Å²) in [7, 11) is 1.38. The van der Waals surface area contributed by atoms with E-state index in [-0.39, 0.29) is 18.6 Å². The number of nitrogens with zero attached hydrogens (tertiary/aromatic N) is 1. The predicted octanol–water partition coefficient (Wildman–Crippen LogP) is 1.87. The van der Waals surface area contributed by atoms with E-state index in [0.29, 0.717) is 42.9 Å². The molecule has 2 aromatic rings. The molecule has 0 saturated heterocycles. The fraction of sp³-hybridized carbons (Fsp3) is 0.318. The summed E-state index contributed by atoms with van der Waals surface area (Å²) in [6.45, 7) is 1.12. The second-order valence-corrected chi connectivity index (χ2v) is 7.08. The molecule has 2 aromatic carbocycles. The molecule has 0 aliphatic carbocycles. The second kappa shape index (κ2) is 8.64. The number of methoxy groups -OCH3 is 1. The quantitative estimate of drug-likeness (QED) is 0.423. The van der Waals surface area contributed by atoms with E-state index >= 15 is 0 Å². The maximum absolute atomic E-state index is 12.2. The number of imide groups is 1. The molecule has 2 amide bonds. The predicted molar refractivity (Wildman–Crippen MR) is 106 cm³/mol. The van der Waals surface area contributed by atoms with Crippen LogP contribution >= 0.6 is 0 Å². The molecule has 0 spiro atoms. The summed E-state index contributed by atoms with van der Waals surface area (Å²) in [5.41, 5.74) is 2.88. The Bertz CT molecular complexity index is 954. The maximum Gasteiger partial charge on any atom is 0.323 e. The van der Waals surface area contributed by atoms with E-state index in [1.165, 1.54) is 7.11 Å². The summed E-state index contributed by atoms with van der Waals surface area (Å²) >= 11 is 0. The van der Waals surface area contributed by atoms with Gasteiger partial charge >= 0.3 is 5.97 Å². The van der Waals surface area contributed by atoms with Crippen LogP contribution in [0.5, 0.6) is 5.75 Å². The van der Waals surface area contributed by atoms with Crippen molar-refractivity contribution in [2.24, 2.45) is 0 Å². The lowest BCUT2D eigenvalue weighted by molar-refractivity contribution is -0.143. The molecule has 0 bridgehead atoms. The Morgan fingerprint density at radius 2 is 1.80 bits per heavy atom. The SMILES string of the molecule is COC(=O)[C@@H]1Cc2ccc(OCCCON3C(=O)c4ccccc4C3=O)cc2CN1. The highest BCUT2D eigenvalue weighted by atomic mass is 16.7. The van der Waals surface area contributed by atoms with Gasteiger partial charge in [-0.25, -0.2) is 0 Å². The monoisotopic (exact) mass is 410 g/mol. The number of hydroxylamine groups is 2. The molecule has 0 radical (unpaired) electrons. The van der Waals surface area contributed by atoms with E-state index in [4.69, 9.17) is 14.3 Å². The van der Waals surface area contributed by atoms with Gasteiger partial charge in [-0.05, 0) is 41.8 Å². The Hall–Kier alpha value is -3.23. The first-order valence-corrected chi connectivity index (χ1v) is 9.75. The Labute approximate surface area is 173 Å². The highest BCUT2D eigenvalue weighted by molar-refractivity contribution is 6.20. The number of hydrogen-bond donors (Lipinski definition) is 1. The second-order valence-electron chi connectivity index (χ2n) is 7.08. The zero-order valence-electron chi connectivity index (χ0n) is 16.6. The smallest absolute Gasteiger partial charge is 0.323 e. The molecule has 2 heterocycles. The molecule has 8 heteroatoms. The van der Waals surface area contributed by atoms with Crippen molar-refractivity contribution >= 4 is 17.8 Å². The van der Waals surface area contributed by atoms with E-state index in [1.807, 2.05) is 18.2 Å². The lowest BCUT2D eigenvalue weighted by atomic mass is 9.95. The van der Waals surface area contributed by atoms with E-state index in [0.717, 1.165) is 16.2 Å². The summed E-state index contributed by atoms with van der Waals surface area (Å²) in [6, 6.07) is 12.1. The van der Waals surface area contributed by atoms with Gasteiger partial charge < -0.3 is 14.8 Å². The number of benzene rings is 2. The number of rotatable bonds is 7. The van der Waals surface area contributed by atoms with Crippen molar-refractivity contribution in [3.8, 4) is 5.75 Å². The highest BCUT2D eigenvalue weighted by Crippen LogP contribution is 2.24. The van der Waals surface area contributed by atoms with Gasteiger partial charge in [0.1, 0.15) is 11.8 Å². The van der Waals surface area contributed by atoms with Crippen LogP contribution in [-0.2, 0) is 27.3 Å². The minimum absolute atomic E-state index is 0.179. The minimum Gasteiger partial charge on any atom is -0.493 e. The summed E-state index contributed by atoms with van der Waals surface area (Å²) in [5.74, 6) is -0.431. The standard InChI is InChI=1S/C22H22N2O6/c1-28-22(27)19-12-14-7-8-16(11-15(14)13-23-19)29-9-4-10-30-24-20(25)17-5-2-3-6-18(17)21(24)26/h2-3,5-8,11,19,23H,4,9-10,12-13H2,1H3/t19-/m0/s1. The Morgan fingerprint density at radius 3 is 2.50 bits per heavy atom. The van der Waals surface area contributed by atoms with Crippen LogP contribution in [0.1, 0.15) is 38.3 Å². The van der Waals surface area contributed by atoms with Crippen LogP contribution in [0.25, 0.3) is 0 Å². The molecule has 2 aliphatic heterocycles. The zero-order valence-corrected chi connectivity index (χ0v) is 16.6. The van der Waals surface area contributed by atoms with Gasteiger partial charge in [0.25, 0.3) is 11.8 Å². The van der Waals surface area contributed by atoms with Crippen LogP contribution in [0, 0.1) is 0 Å². The largest absolute Gasteiger partial charge is 0.493 e. The maximum atomic E-state index is 12.2. The third-order valence-corrected chi connectivity index (χ3v) is 5.16. The number of hydrogen-bond acceptors (Lipinski definition) is 7. The molecule has 30 heavy (non-hydrogen) atoms. The van der Waals surface area contributed by atoms with Gasteiger partial charge in [-0.3, -0.25) is 19.2 Å². The van der Waals surface area contributed by atoms with Gasteiger partial charge in [-0.15, -0.1) is 5.06 Å². The Kier molecular flexibility index (Phi) is 5.78. The lowest BCUT2D eigenvalue weighted by Crippen LogP contribution is -2.42. The van der Waals surface area contributed by atoms with Crippen molar-refractivity contribution in [2.75, 3.05) is 20.3 Å². The van der Waals surface area contributed by atoms with Gasteiger partial charge in [0, 0.05) is 13.0 Å².